The van der Waals surface area contributed by atoms with Crippen LogP contribution in [0.3, 0.4) is 0 Å². The van der Waals surface area contributed by atoms with Gasteiger partial charge >= 0.3 is 5.69 Å². The summed E-state index contributed by atoms with van der Waals surface area (Å²) in [5, 5.41) is 8.99. The molecule has 0 amide bonds. The molecule has 1 aromatic heterocycles. The van der Waals surface area contributed by atoms with Gasteiger partial charge in [-0.25, -0.2) is 4.79 Å². The summed E-state index contributed by atoms with van der Waals surface area (Å²) in [6.45, 7) is 1.47. The summed E-state index contributed by atoms with van der Waals surface area (Å²) in [6.07, 6.45) is 0.572. The van der Waals surface area contributed by atoms with Crippen LogP contribution in [0.15, 0.2) is 15.8 Å². The number of aromatic nitrogens is 2. The molecule has 2 heterocycles. The van der Waals surface area contributed by atoms with E-state index in [1.807, 2.05) is 0 Å². The number of halogens is 1. The first-order chi connectivity index (χ1) is 8.08. The third-order valence-electron chi connectivity index (χ3n) is 2.94. The lowest BCUT2D eigenvalue weighted by Crippen LogP contribution is -2.52. The van der Waals surface area contributed by atoms with Gasteiger partial charge in [-0.15, -0.1) is 11.6 Å². The lowest BCUT2D eigenvalue weighted by Gasteiger charge is -2.43. The molecule has 1 fully saturated rings. The Morgan fingerprint density at radius 1 is 1.59 bits per heavy atom. The molecule has 94 valence electrons. The van der Waals surface area contributed by atoms with Crippen LogP contribution in [0.4, 0.5) is 0 Å². The predicted molar refractivity (Wildman–Crippen MR) is 61.3 cm³/mol. The zero-order chi connectivity index (χ0) is 12.6. The number of aliphatic hydroxyl groups excluding tert-OH is 1. The third kappa shape index (κ3) is 2.03. The van der Waals surface area contributed by atoms with Gasteiger partial charge in [-0.3, -0.25) is 14.3 Å². The zero-order valence-electron chi connectivity index (χ0n) is 9.22. The number of hydrogen-bond acceptors (Lipinski definition) is 4. The van der Waals surface area contributed by atoms with Crippen LogP contribution in [0.1, 0.15) is 11.8 Å². The highest BCUT2D eigenvalue weighted by molar-refractivity contribution is 6.18. The van der Waals surface area contributed by atoms with Crippen LogP contribution in [0.2, 0.25) is 0 Å². The van der Waals surface area contributed by atoms with Crippen LogP contribution < -0.4 is 11.2 Å². The van der Waals surface area contributed by atoms with Gasteiger partial charge in [0.25, 0.3) is 5.56 Å². The van der Waals surface area contributed by atoms with E-state index in [4.69, 9.17) is 21.4 Å². The molecule has 1 aromatic rings. The maximum Gasteiger partial charge on any atom is 0.330 e. The van der Waals surface area contributed by atoms with Gasteiger partial charge < -0.3 is 9.84 Å². The van der Waals surface area contributed by atoms with Crippen LogP contribution in [0, 0.1) is 12.8 Å². The molecule has 3 atom stereocenters. The monoisotopic (exact) mass is 260 g/mol. The van der Waals surface area contributed by atoms with Crippen molar-refractivity contribution in [3.05, 3.63) is 32.6 Å². The Balaban J connectivity index is 2.33. The Hall–Kier alpha value is -1.11. The average molecular weight is 261 g/mol. The number of alkyl halides is 1. The van der Waals surface area contributed by atoms with Crippen LogP contribution in [0.5, 0.6) is 0 Å². The first kappa shape index (κ1) is 12.3. The fourth-order valence-electron chi connectivity index (χ4n) is 1.88. The Morgan fingerprint density at radius 3 is 2.88 bits per heavy atom. The molecule has 0 bridgehead atoms. The number of nitrogens with zero attached hydrogens (tertiary/aromatic N) is 1. The van der Waals surface area contributed by atoms with E-state index in [2.05, 4.69) is 4.98 Å². The molecule has 0 aliphatic carbocycles. The van der Waals surface area contributed by atoms with E-state index < -0.39 is 17.5 Å². The number of nitrogens with one attached hydrogen (secondary N) is 1. The van der Waals surface area contributed by atoms with E-state index in [1.54, 1.807) is 6.92 Å². The van der Waals surface area contributed by atoms with Crippen molar-refractivity contribution >= 4 is 11.6 Å². The standard InChI is InChI=1S/C10H13ClN2O4/c1-5-3-13(10(16)12-8(5)15)9-6(2-11)7(4-14)17-9/h3,6-7,9,14H,2,4H2,1H3,(H,12,15,16)/t6-,7-,9-/m1/s1. The fraction of sp³-hybridized carbons (Fsp3) is 0.600. The molecule has 1 aliphatic heterocycles. The van der Waals surface area contributed by atoms with E-state index in [0.717, 1.165) is 0 Å². The number of hydrogen-bond donors (Lipinski definition) is 2. The molecular formula is C10H13ClN2O4. The van der Waals surface area contributed by atoms with Crippen LogP contribution in [-0.4, -0.2) is 33.2 Å². The van der Waals surface area contributed by atoms with Gasteiger partial charge in [-0.05, 0) is 6.92 Å². The molecule has 0 unspecified atom stereocenters. The Morgan fingerprint density at radius 2 is 2.29 bits per heavy atom. The summed E-state index contributed by atoms with van der Waals surface area (Å²) >= 11 is 5.77. The molecule has 0 saturated carbocycles. The lowest BCUT2D eigenvalue weighted by atomic mass is 9.96. The number of H-pyrrole nitrogens is 1. The predicted octanol–water partition coefficient (Wildman–Crippen LogP) is -0.410. The summed E-state index contributed by atoms with van der Waals surface area (Å²) in [6, 6.07) is 0. The highest BCUT2D eigenvalue weighted by atomic mass is 35.5. The summed E-state index contributed by atoms with van der Waals surface area (Å²) in [5.41, 5.74) is -0.516. The lowest BCUT2D eigenvalue weighted by molar-refractivity contribution is -0.228. The van der Waals surface area contributed by atoms with Gasteiger partial charge in [-0.2, -0.15) is 0 Å². The second-order valence-electron chi connectivity index (χ2n) is 4.04. The molecular weight excluding hydrogens is 248 g/mol. The first-order valence-electron chi connectivity index (χ1n) is 5.22. The van der Waals surface area contributed by atoms with E-state index >= 15 is 0 Å². The van der Waals surface area contributed by atoms with Gasteiger partial charge in [0.2, 0.25) is 0 Å². The molecule has 1 aliphatic rings. The largest absolute Gasteiger partial charge is 0.394 e. The third-order valence-corrected chi connectivity index (χ3v) is 3.29. The SMILES string of the molecule is Cc1cn([C@@H]2O[C@H](CO)[C@H]2CCl)c(=O)[nH]c1=O. The fourth-order valence-corrected chi connectivity index (χ4v) is 2.23. The Bertz CT molecular complexity index is 524. The Labute approximate surface area is 102 Å². The maximum absolute atomic E-state index is 11.6. The average Bonchev–Trinajstić information content (AvgIpc) is 2.25. The van der Waals surface area contributed by atoms with Crippen LogP contribution >= 0.6 is 11.6 Å². The topological polar surface area (TPSA) is 84.3 Å². The van der Waals surface area contributed by atoms with Crippen molar-refractivity contribution in [2.75, 3.05) is 12.5 Å². The molecule has 0 aromatic carbocycles. The highest BCUT2D eigenvalue weighted by Gasteiger charge is 2.43. The maximum atomic E-state index is 11.6. The van der Waals surface area contributed by atoms with E-state index in [9.17, 15) is 9.59 Å². The van der Waals surface area contributed by atoms with E-state index in [1.165, 1.54) is 10.8 Å². The quantitative estimate of drug-likeness (QED) is 0.724. The van der Waals surface area contributed by atoms with Crippen molar-refractivity contribution in [1.82, 2.24) is 9.55 Å². The second-order valence-corrected chi connectivity index (χ2v) is 4.35. The van der Waals surface area contributed by atoms with Gasteiger partial charge in [0, 0.05) is 23.6 Å². The molecule has 1 saturated heterocycles. The zero-order valence-corrected chi connectivity index (χ0v) is 9.98. The molecule has 7 heteroatoms. The molecule has 2 rings (SSSR count). The van der Waals surface area contributed by atoms with Crippen molar-refractivity contribution in [1.29, 1.82) is 0 Å². The summed E-state index contributed by atoms with van der Waals surface area (Å²) in [5.74, 6) is 0.144. The molecule has 0 spiro atoms. The Kier molecular flexibility index (Phi) is 3.37. The number of aromatic amines is 1. The highest BCUT2D eigenvalue weighted by Crippen LogP contribution is 2.36. The molecule has 6 nitrogen and oxygen atoms in total. The summed E-state index contributed by atoms with van der Waals surface area (Å²) in [4.78, 5) is 25.0. The molecule has 0 radical (unpaired) electrons. The minimum Gasteiger partial charge on any atom is -0.394 e. The molecule has 2 N–H and O–H groups in total. The number of aryl methyl sites for hydroxylation is 1. The second kappa shape index (κ2) is 4.64. The summed E-state index contributed by atoms with van der Waals surface area (Å²) in [7, 11) is 0. The van der Waals surface area contributed by atoms with Gasteiger partial charge in [0.15, 0.2) is 0 Å². The summed E-state index contributed by atoms with van der Waals surface area (Å²) < 4.78 is 6.66. The van der Waals surface area contributed by atoms with Gasteiger partial charge in [0.05, 0.1) is 12.7 Å². The van der Waals surface area contributed by atoms with Crippen LogP contribution in [0.25, 0.3) is 0 Å². The van der Waals surface area contributed by atoms with E-state index in [0.29, 0.717) is 5.56 Å². The number of aliphatic hydroxyl groups is 1. The molecule has 17 heavy (non-hydrogen) atoms. The van der Waals surface area contributed by atoms with Crippen molar-refractivity contribution in [2.24, 2.45) is 5.92 Å². The van der Waals surface area contributed by atoms with Crippen molar-refractivity contribution in [3.8, 4) is 0 Å². The van der Waals surface area contributed by atoms with Crippen LogP contribution in [-0.2, 0) is 4.74 Å². The van der Waals surface area contributed by atoms with Crippen molar-refractivity contribution in [2.45, 2.75) is 19.3 Å². The minimum absolute atomic E-state index is 0.134. The first-order valence-corrected chi connectivity index (χ1v) is 5.76. The normalized spacial score (nSPS) is 27.8. The van der Waals surface area contributed by atoms with Crippen molar-refractivity contribution in [3.63, 3.8) is 0 Å². The van der Waals surface area contributed by atoms with Gasteiger partial charge in [-0.1, -0.05) is 0 Å². The minimum atomic E-state index is -0.530. The smallest absolute Gasteiger partial charge is 0.330 e. The van der Waals surface area contributed by atoms with E-state index in [-0.39, 0.29) is 24.5 Å². The van der Waals surface area contributed by atoms with Gasteiger partial charge in [0.1, 0.15) is 6.23 Å². The van der Waals surface area contributed by atoms with Crippen molar-refractivity contribution < 1.29 is 9.84 Å². The number of ether oxygens (including phenoxy) is 1. The number of rotatable bonds is 3.